The first-order valence-corrected chi connectivity index (χ1v) is 10.7. The van der Waals surface area contributed by atoms with E-state index < -0.39 is 0 Å². The predicted octanol–water partition coefficient (Wildman–Crippen LogP) is 6.63. The van der Waals surface area contributed by atoms with E-state index in [1.807, 2.05) is 0 Å². The van der Waals surface area contributed by atoms with Crippen LogP contribution in [0.4, 0.5) is 0 Å². The highest BCUT2D eigenvalue weighted by molar-refractivity contribution is 6.22. The fourth-order valence-corrected chi connectivity index (χ4v) is 4.73. The van der Waals surface area contributed by atoms with Crippen molar-refractivity contribution in [3.05, 3.63) is 115 Å². The van der Waals surface area contributed by atoms with Gasteiger partial charge in [-0.1, -0.05) is 84.9 Å². The third-order valence-corrected chi connectivity index (χ3v) is 6.24. The largest absolute Gasteiger partial charge is 0.291 e. The summed E-state index contributed by atoms with van der Waals surface area (Å²) in [6, 6.07) is 34.5. The van der Waals surface area contributed by atoms with Crippen molar-refractivity contribution >= 4 is 32.6 Å². The van der Waals surface area contributed by atoms with E-state index in [0.717, 1.165) is 11.4 Å². The second kappa shape index (κ2) is 6.82. The van der Waals surface area contributed by atoms with Crippen molar-refractivity contribution < 1.29 is 4.57 Å². The van der Waals surface area contributed by atoms with Crippen LogP contribution in [-0.2, 0) is 0 Å². The van der Waals surface area contributed by atoms with Gasteiger partial charge in [0.1, 0.15) is 0 Å². The number of imidazole rings is 1. The first kappa shape index (κ1) is 17.9. The summed E-state index contributed by atoms with van der Waals surface area (Å²) in [5.74, 6) is 0. The van der Waals surface area contributed by atoms with Gasteiger partial charge in [0.15, 0.2) is 0 Å². The molecule has 2 heteroatoms. The van der Waals surface area contributed by atoms with Crippen molar-refractivity contribution in [2.24, 2.45) is 0 Å². The fourth-order valence-electron chi connectivity index (χ4n) is 4.73. The molecular weight excluding hydrogens is 376 g/mol. The van der Waals surface area contributed by atoms with Gasteiger partial charge < -0.3 is 0 Å². The van der Waals surface area contributed by atoms with Gasteiger partial charge in [-0.3, -0.25) is 9.13 Å². The molecule has 0 radical (unpaired) electrons. The lowest BCUT2D eigenvalue weighted by molar-refractivity contribution is -0.572. The Kier molecular flexibility index (Phi) is 3.94. The summed E-state index contributed by atoms with van der Waals surface area (Å²) < 4.78 is 4.48. The maximum Gasteiger partial charge on any atom is 0.269 e. The standard InChI is InChI=1S/C29H22N2/c1-20-11-3-9-17-26(20)30-19-31(27-18-10-4-12-21(27)2)29-25-16-8-6-14-23(25)22-13-5-7-15-24(22)28(29)30/h3-18H,1-2H3. The smallest absolute Gasteiger partial charge is 0.269 e. The second-order valence-corrected chi connectivity index (χ2v) is 8.13. The minimum Gasteiger partial charge on any atom is -0.291 e. The summed E-state index contributed by atoms with van der Waals surface area (Å²) in [6.07, 6.45) is 3.72. The van der Waals surface area contributed by atoms with Crippen molar-refractivity contribution in [1.29, 1.82) is 0 Å². The molecule has 0 fully saturated rings. The molecule has 2 nitrogen and oxygen atoms in total. The third kappa shape index (κ3) is 2.62. The summed E-state index contributed by atoms with van der Waals surface area (Å²) in [5.41, 5.74) is 7.13. The molecule has 0 saturated carbocycles. The molecule has 0 saturated heterocycles. The molecule has 6 rings (SSSR count). The van der Waals surface area contributed by atoms with Crippen molar-refractivity contribution in [3.63, 3.8) is 0 Å². The number of aryl methyl sites for hydroxylation is 2. The number of hydrogen-bond donors (Lipinski definition) is 0. The average Bonchev–Trinajstić information content (AvgIpc) is 3.20. The van der Waals surface area contributed by atoms with Gasteiger partial charge in [-0.2, -0.15) is 0 Å². The number of benzene rings is 5. The highest BCUT2D eigenvalue weighted by Gasteiger charge is 2.20. The number of fused-ring (bicyclic) bond motifs is 6. The van der Waals surface area contributed by atoms with Crippen LogP contribution in [0.1, 0.15) is 11.1 Å². The van der Waals surface area contributed by atoms with Crippen LogP contribution in [0.25, 0.3) is 44.0 Å². The van der Waals surface area contributed by atoms with Crippen LogP contribution in [0, 0.1) is 20.2 Å². The van der Waals surface area contributed by atoms with Crippen LogP contribution < -0.4 is 4.57 Å². The lowest BCUT2D eigenvalue weighted by Gasteiger charge is -2.12. The van der Waals surface area contributed by atoms with Gasteiger partial charge in [-0.05, 0) is 58.7 Å². The SMILES string of the molecule is Cc1ccccc1-n1[c-][n+](-c2ccccc2C)c2c3ccccc3c3ccccc3c21. The summed E-state index contributed by atoms with van der Waals surface area (Å²) in [6.45, 7) is 4.33. The van der Waals surface area contributed by atoms with Gasteiger partial charge in [0.2, 0.25) is 0 Å². The zero-order valence-electron chi connectivity index (χ0n) is 17.6. The molecule has 1 aromatic heterocycles. The fraction of sp³-hybridized carbons (Fsp3) is 0.0690. The van der Waals surface area contributed by atoms with Gasteiger partial charge in [-0.25, -0.2) is 0 Å². The Hall–Kier alpha value is -3.91. The monoisotopic (exact) mass is 398 g/mol. The Morgan fingerprint density at radius 2 is 1.13 bits per heavy atom. The second-order valence-electron chi connectivity index (χ2n) is 8.13. The molecule has 0 atom stereocenters. The molecule has 0 N–H and O–H groups in total. The highest BCUT2D eigenvalue weighted by atomic mass is 15.1. The van der Waals surface area contributed by atoms with Gasteiger partial charge in [0, 0.05) is 0 Å². The molecule has 148 valence electrons. The Morgan fingerprint density at radius 3 is 1.84 bits per heavy atom. The van der Waals surface area contributed by atoms with E-state index in [9.17, 15) is 0 Å². The van der Waals surface area contributed by atoms with Gasteiger partial charge >= 0.3 is 0 Å². The molecule has 0 aliphatic rings. The van der Waals surface area contributed by atoms with E-state index in [1.54, 1.807) is 0 Å². The van der Waals surface area contributed by atoms with Crippen LogP contribution in [0.3, 0.4) is 0 Å². The van der Waals surface area contributed by atoms with Crippen LogP contribution >= 0.6 is 0 Å². The summed E-state index contributed by atoms with van der Waals surface area (Å²) >= 11 is 0. The van der Waals surface area contributed by atoms with Crippen molar-refractivity contribution in [2.45, 2.75) is 13.8 Å². The van der Waals surface area contributed by atoms with Crippen molar-refractivity contribution in [3.8, 4) is 11.4 Å². The molecule has 0 spiro atoms. The zero-order valence-corrected chi connectivity index (χ0v) is 17.6. The molecule has 0 amide bonds. The van der Waals surface area contributed by atoms with E-state index in [2.05, 4.69) is 126 Å². The first-order chi connectivity index (χ1) is 15.2. The van der Waals surface area contributed by atoms with E-state index in [1.165, 1.54) is 43.7 Å². The molecule has 0 aliphatic carbocycles. The van der Waals surface area contributed by atoms with Crippen LogP contribution in [0.15, 0.2) is 97.1 Å². The minimum atomic E-state index is 1.15. The molecule has 0 aliphatic heterocycles. The average molecular weight is 399 g/mol. The number of hydrogen-bond acceptors (Lipinski definition) is 0. The number of aromatic nitrogens is 2. The Morgan fingerprint density at radius 1 is 0.581 bits per heavy atom. The van der Waals surface area contributed by atoms with Crippen molar-refractivity contribution in [1.82, 2.24) is 4.57 Å². The third-order valence-electron chi connectivity index (χ3n) is 6.24. The highest BCUT2D eigenvalue weighted by Crippen LogP contribution is 2.35. The normalized spacial score (nSPS) is 11.5. The van der Waals surface area contributed by atoms with E-state index >= 15 is 0 Å². The zero-order chi connectivity index (χ0) is 20.9. The molecule has 6 aromatic rings. The predicted molar refractivity (Wildman–Crippen MR) is 128 cm³/mol. The van der Waals surface area contributed by atoms with E-state index in [-0.39, 0.29) is 0 Å². The molecule has 31 heavy (non-hydrogen) atoms. The lowest BCUT2D eigenvalue weighted by Crippen LogP contribution is -2.30. The van der Waals surface area contributed by atoms with Crippen LogP contribution in [-0.4, -0.2) is 4.57 Å². The molecular formula is C29H22N2. The Balaban J connectivity index is 1.91. The number of rotatable bonds is 2. The summed E-state index contributed by atoms with van der Waals surface area (Å²) in [5, 5.41) is 5.01. The molecule has 0 unspecified atom stereocenters. The molecule has 0 bridgehead atoms. The maximum absolute atomic E-state index is 3.72. The summed E-state index contributed by atoms with van der Waals surface area (Å²) in [4.78, 5) is 0. The lowest BCUT2D eigenvalue weighted by atomic mass is 9.99. The number of para-hydroxylation sites is 2. The maximum atomic E-state index is 3.72. The van der Waals surface area contributed by atoms with E-state index in [4.69, 9.17) is 0 Å². The first-order valence-electron chi connectivity index (χ1n) is 10.7. The van der Waals surface area contributed by atoms with Gasteiger partial charge in [0.05, 0.1) is 22.4 Å². The Bertz CT molecular complexity index is 1490. The van der Waals surface area contributed by atoms with Crippen LogP contribution in [0.5, 0.6) is 0 Å². The molecule has 1 heterocycles. The van der Waals surface area contributed by atoms with Gasteiger partial charge in [-0.15, -0.1) is 0 Å². The summed E-state index contributed by atoms with van der Waals surface area (Å²) in [7, 11) is 0. The number of nitrogens with zero attached hydrogens (tertiary/aromatic N) is 2. The van der Waals surface area contributed by atoms with E-state index in [0.29, 0.717) is 0 Å². The van der Waals surface area contributed by atoms with Crippen LogP contribution in [0.2, 0.25) is 0 Å². The topological polar surface area (TPSA) is 8.81 Å². The minimum absolute atomic E-state index is 1.15. The quantitative estimate of drug-likeness (QED) is 0.176. The molecule has 5 aromatic carbocycles. The van der Waals surface area contributed by atoms with Crippen molar-refractivity contribution in [2.75, 3.05) is 0 Å². The Labute approximate surface area is 181 Å². The van der Waals surface area contributed by atoms with Gasteiger partial charge in [0.25, 0.3) is 6.33 Å².